The summed E-state index contributed by atoms with van der Waals surface area (Å²) in [5.41, 5.74) is 0. The smallest absolute Gasteiger partial charge is 0.172 e. The summed E-state index contributed by atoms with van der Waals surface area (Å²) in [7, 11) is 0. The van der Waals surface area contributed by atoms with Gasteiger partial charge in [-0.2, -0.15) is 0 Å². The van der Waals surface area contributed by atoms with E-state index in [-0.39, 0.29) is 10.8 Å². The Hall–Kier alpha value is -1.42. The number of fused-ring (bicyclic) bond motifs is 1. The number of aromatic hydroxyl groups is 2. The lowest BCUT2D eigenvalue weighted by atomic mass is 10.2. The third-order valence-electron chi connectivity index (χ3n) is 1.87. The van der Waals surface area contributed by atoms with Crippen LogP contribution in [0.4, 0.5) is 0 Å². The van der Waals surface area contributed by atoms with E-state index in [9.17, 15) is 10.2 Å². The van der Waals surface area contributed by atoms with Crippen LogP contribution in [-0.4, -0.2) is 16.8 Å². The molecule has 2 aromatic rings. The van der Waals surface area contributed by atoms with E-state index in [1.165, 1.54) is 0 Å². The molecule has 0 aliphatic heterocycles. The topological polar surface area (TPSA) is 49.7 Å². The molecule has 0 fully saturated rings. The van der Waals surface area contributed by atoms with Crippen LogP contribution < -0.4 is 4.74 Å². The van der Waals surface area contributed by atoms with E-state index in [1.807, 2.05) is 6.92 Å². The lowest BCUT2D eigenvalue weighted by molar-refractivity contribution is 0.338. The first-order valence-corrected chi connectivity index (χ1v) is 5.10. The molecule has 1 aromatic heterocycles. The molecule has 4 heteroatoms. The normalized spacial score (nSPS) is 10.6. The van der Waals surface area contributed by atoms with Crippen molar-refractivity contribution in [3.63, 3.8) is 0 Å². The highest BCUT2D eigenvalue weighted by atomic mass is 32.1. The van der Waals surface area contributed by atoms with Crippen molar-refractivity contribution in [2.24, 2.45) is 0 Å². The van der Waals surface area contributed by atoms with E-state index in [4.69, 9.17) is 4.74 Å². The van der Waals surface area contributed by atoms with Crippen molar-refractivity contribution in [3.8, 4) is 16.6 Å². The van der Waals surface area contributed by atoms with Crippen LogP contribution in [0.2, 0.25) is 0 Å². The highest BCUT2D eigenvalue weighted by Gasteiger charge is 2.07. The monoisotopic (exact) mass is 210 g/mol. The molecular weight excluding hydrogens is 200 g/mol. The lowest BCUT2D eigenvalue weighted by Crippen LogP contribution is -1.90. The van der Waals surface area contributed by atoms with Gasteiger partial charge in [0.15, 0.2) is 5.06 Å². The maximum absolute atomic E-state index is 9.61. The van der Waals surface area contributed by atoms with Crippen LogP contribution in [0.15, 0.2) is 18.2 Å². The van der Waals surface area contributed by atoms with Crippen molar-refractivity contribution in [1.29, 1.82) is 0 Å². The van der Waals surface area contributed by atoms with Gasteiger partial charge in [0.05, 0.1) is 11.3 Å². The largest absolute Gasteiger partial charge is 0.506 e. The van der Waals surface area contributed by atoms with Crippen LogP contribution in [0.5, 0.6) is 16.6 Å². The standard InChI is InChI=1S/C10H10O3S/c1-2-13-7-3-6-4-9(12)14-10(6)8(11)5-7/h3-5,11-12H,2H2,1H3. The van der Waals surface area contributed by atoms with Gasteiger partial charge in [0, 0.05) is 11.5 Å². The highest BCUT2D eigenvalue weighted by molar-refractivity contribution is 7.21. The SMILES string of the molecule is CCOc1cc(O)c2sc(O)cc2c1. The van der Waals surface area contributed by atoms with Crippen LogP contribution >= 0.6 is 11.3 Å². The predicted octanol–water partition coefficient (Wildman–Crippen LogP) is 2.71. The maximum Gasteiger partial charge on any atom is 0.172 e. The average Bonchev–Trinajstić information content (AvgIpc) is 2.47. The molecule has 0 spiro atoms. The van der Waals surface area contributed by atoms with E-state index in [0.29, 0.717) is 17.1 Å². The molecule has 0 radical (unpaired) electrons. The third kappa shape index (κ3) is 1.48. The fourth-order valence-electron chi connectivity index (χ4n) is 1.34. The number of phenols is 1. The summed E-state index contributed by atoms with van der Waals surface area (Å²) in [6.45, 7) is 2.44. The van der Waals surface area contributed by atoms with E-state index >= 15 is 0 Å². The second-order valence-corrected chi connectivity index (χ2v) is 3.91. The van der Waals surface area contributed by atoms with Crippen molar-refractivity contribution in [2.45, 2.75) is 6.92 Å². The molecule has 1 aromatic carbocycles. The van der Waals surface area contributed by atoms with Crippen LogP contribution in [0.25, 0.3) is 10.1 Å². The summed E-state index contributed by atoms with van der Waals surface area (Å²) in [5.74, 6) is 0.770. The number of benzene rings is 1. The molecular formula is C10H10O3S. The number of thiophene rings is 1. The summed E-state index contributed by atoms with van der Waals surface area (Å²) in [4.78, 5) is 0. The maximum atomic E-state index is 9.61. The predicted molar refractivity (Wildman–Crippen MR) is 56.3 cm³/mol. The summed E-state index contributed by atoms with van der Waals surface area (Å²) < 4.78 is 5.95. The fraction of sp³-hybridized carbons (Fsp3) is 0.200. The van der Waals surface area contributed by atoms with Crippen molar-refractivity contribution in [2.75, 3.05) is 6.61 Å². The Morgan fingerprint density at radius 1 is 1.29 bits per heavy atom. The minimum absolute atomic E-state index is 0.149. The molecule has 0 unspecified atom stereocenters. The molecule has 2 rings (SSSR count). The van der Waals surface area contributed by atoms with Crippen molar-refractivity contribution >= 4 is 21.4 Å². The zero-order chi connectivity index (χ0) is 10.1. The molecule has 0 atom stereocenters. The molecule has 0 saturated carbocycles. The molecule has 0 bridgehead atoms. The lowest BCUT2D eigenvalue weighted by Gasteiger charge is -2.03. The number of ether oxygens (including phenoxy) is 1. The summed E-state index contributed by atoms with van der Waals surface area (Å²) >= 11 is 1.16. The Morgan fingerprint density at radius 2 is 2.07 bits per heavy atom. The Labute approximate surface area is 85.2 Å². The van der Waals surface area contributed by atoms with E-state index in [2.05, 4.69) is 0 Å². The average molecular weight is 210 g/mol. The fourth-order valence-corrected chi connectivity index (χ4v) is 2.14. The van der Waals surface area contributed by atoms with Gasteiger partial charge in [0.1, 0.15) is 11.5 Å². The molecule has 0 aliphatic carbocycles. The third-order valence-corrected chi connectivity index (χ3v) is 2.84. The van der Waals surface area contributed by atoms with Gasteiger partial charge in [-0.05, 0) is 19.1 Å². The molecule has 1 heterocycles. The molecule has 0 aliphatic rings. The van der Waals surface area contributed by atoms with E-state index in [1.54, 1.807) is 18.2 Å². The highest BCUT2D eigenvalue weighted by Crippen LogP contribution is 2.39. The van der Waals surface area contributed by atoms with Crippen LogP contribution in [0.3, 0.4) is 0 Å². The van der Waals surface area contributed by atoms with Gasteiger partial charge in [0.2, 0.25) is 0 Å². The molecule has 14 heavy (non-hydrogen) atoms. The molecule has 3 nitrogen and oxygen atoms in total. The van der Waals surface area contributed by atoms with Gasteiger partial charge < -0.3 is 14.9 Å². The van der Waals surface area contributed by atoms with Crippen LogP contribution in [0, 0.1) is 0 Å². The van der Waals surface area contributed by atoms with Crippen LogP contribution in [-0.2, 0) is 0 Å². The molecule has 0 amide bonds. The van der Waals surface area contributed by atoms with Crippen LogP contribution in [0.1, 0.15) is 6.92 Å². The summed E-state index contributed by atoms with van der Waals surface area (Å²) in [6.07, 6.45) is 0. The minimum atomic E-state index is 0.149. The second kappa shape index (κ2) is 3.38. The second-order valence-electron chi connectivity index (χ2n) is 2.88. The van der Waals surface area contributed by atoms with Gasteiger partial charge >= 0.3 is 0 Å². The zero-order valence-electron chi connectivity index (χ0n) is 7.65. The summed E-state index contributed by atoms with van der Waals surface area (Å²) in [5, 5.41) is 19.9. The van der Waals surface area contributed by atoms with E-state index < -0.39 is 0 Å². The molecule has 0 saturated heterocycles. The number of phenolic OH excluding ortho intramolecular Hbond substituents is 1. The Kier molecular flexibility index (Phi) is 2.21. The van der Waals surface area contributed by atoms with Crippen molar-refractivity contribution in [3.05, 3.63) is 18.2 Å². The first-order chi connectivity index (χ1) is 6.70. The summed E-state index contributed by atoms with van der Waals surface area (Å²) in [6, 6.07) is 4.97. The number of hydrogen-bond acceptors (Lipinski definition) is 4. The van der Waals surface area contributed by atoms with Gasteiger partial charge in [-0.1, -0.05) is 11.3 Å². The van der Waals surface area contributed by atoms with Crippen molar-refractivity contribution in [1.82, 2.24) is 0 Å². The first kappa shape index (κ1) is 9.15. The number of hydrogen-bond donors (Lipinski definition) is 2. The van der Waals surface area contributed by atoms with Gasteiger partial charge in [-0.15, -0.1) is 0 Å². The van der Waals surface area contributed by atoms with Crippen molar-refractivity contribution < 1.29 is 14.9 Å². The Balaban J connectivity index is 2.59. The van der Waals surface area contributed by atoms with Gasteiger partial charge in [-0.3, -0.25) is 0 Å². The number of rotatable bonds is 2. The molecule has 2 N–H and O–H groups in total. The minimum Gasteiger partial charge on any atom is -0.506 e. The first-order valence-electron chi connectivity index (χ1n) is 4.29. The molecule has 74 valence electrons. The van der Waals surface area contributed by atoms with E-state index in [0.717, 1.165) is 16.7 Å². The Morgan fingerprint density at radius 3 is 2.79 bits per heavy atom. The van der Waals surface area contributed by atoms with Gasteiger partial charge in [-0.25, -0.2) is 0 Å². The quantitative estimate of drug-likeness (QED) is 0.801. The Bertz CT molecular complexity index is 462. The zero-order valence-corrected chi connectivity index (χ0v) is 8.47. The van der Waals surface area contributed by atoms with Gasteiger partial charge in [0.25, 0.3) is 0 Å².